The predicted molar refractivity (Wildman–Crippen MR) is 135 cm³/mol. The molecule has 0 saturated carbocycles. The van der Waals surface area contributed by atoms with Crippen LogP contribution in [0.2, 0.25) is 0 Å². The third-order valence-corrected chi connectivity index (χ3v) is 6.24. The van der Waals surface area contributed by atoms with Crippen molar-refractivity contribution in [3.63, 3.8) is 0 Å². The average molecular weight is 504 g/mol. The van der Waals surface area contributed by atoms with Gasteiger partial charge in [0.2, 0.25) is 0 Å². The molecule has 0 bridgehead atoms. The Kier molecular flexibility index (Phi) is 6.80. The number of carbonyl (C=O) groups excluding carboxylic acids is 2. The highest BCUT2D eigenvalue weighted by Crippen LogP contribution is 2.32. The van der Waals surface area contributed by atoms with Crippen LogP contribution in [-0.2, 0) is 11.3 Å². The first-order valence-electron chi connectivity index (χ1n) is 11.1. The maximum atomic E-state index is 13.7. The van der Waals surface area contributed by atoms with Gasteiger partial charge < -0.3 is 9.30 Å². The molecule has 0 amide bonds. The number of carbonyl (C=O) groups is 2. The third-order valence-electron chi connectivity index (χ3n) is 5.74. The molecule has 0 aliphatic heterocycles. The van der Waals surface area contributed by atoms with Gasteiger partial charge in [0.1, 0.15) is 5.69 Å². The predicted octanol–water partition coefficient (Wildman–Crippen LogP) is 6.98. The lowest BCUT2D eigenvalue weighted by molar-refractivity contribution is 0.0512. The number of esters is 1. The minimum absolute atomic E-state index is 0.198. The summed E-state index contributed by atoms with van der Waals surface area (Å²) in [6.07, 6.45) is 0. The van der Waals surface area contributed by atoms with Gasteiger partial charge in [0.25, 0.3) is 0 Å². The fourth-order valence-corrected chi connectivity index (χ4v) is 4.42. The lowest BCUT2D eigenvalue weighted by atomic mass is 10.00. The number of ether oxygens (including phenoxy) is 1. The van der Waals surface area contributed by atoms with Gasteiger partial charge in [-0.15, -0.1) is 0 Å². The van der Waals surface area contributed by atoms with Gasteiger partial charge in [0.15, 0.2) is 5.78 Å². The topological polar surface area (TPSA) is 48.3 Å². The van der Waals surface area contributed by atoms with E-state index in [4.69, 9.17) is 4.74 Å². The first-order valence-corrected chi connectivity index (χ1v) is 11.9. The van der Waals surface area contributed by atoms with Crippen molar-refractivity contribution in [2.45, 2.75) is 33.2 Å². The molecule has 0 N–H and O–H groups in total. The largest absolute Gasteiger partial charge is 0.461 e. The zero-order chi connectivity index (χ0) is 23.5. The second kappa shape index (κ2) is 9.75. The van der Waals surface area contributed by atoms with Crippen LogP contribution in [0, 0.1) is 0 Å². The Bertz CT molecular complexity index is 1300. The van der Waals surface area contributed by atoms with E-state index in [-0.39, 0.29) is 18.1 Å². The molecule has 5 heteroatoms. The molecule has 0 unspecified atom stereocenters. The Morgan fingerprint density at radius 2 is 1.67 bits per heavy atom. The van der Waals surface area contributed by atoms with Crippen molar-refractivity contribution >= 4 is 38.6 Å². The van der Waals surface area contributed by atoms with Crippen LogP contribution in [-0.4, -0.2) is 22.9 Å². The number of halogens is 1. The lowest BCUT2D eigenvalue weighted by Crippen LogP contribution is -2.17. The number of ketones is 1. The number of rotatable bonds is 7. The quantitative estimate of drug-likeness (QED) is 0.202. The highest BCUT2D eigenvalue weighted by atomic mass is 79.9. The second-order valence-electron chi connectivity index (χ2n) is 8.28. The van der Waals surface area contributed by atoms with Crippen molar-refractivity contribution in [1.82, 2.24) is 4.57 Å². The Balaban J connectivity index is 1.94. The summed E-state index contributed by atoms with van der Waals surface area (Å²) in [5.41, 5.74) is 4.30. The van der Waals surface area contributed by atoms with Crippen molar-refractivity contribution in [3.05, 3.63) is 105 Å². The van der Waals surface area contributed by atoms with E-state index in [0.29, 0.717) is 23.6 Å². The van der Waals surface area contributed by atoms with Crippen LogP contribution >= 0.6 is 15.9 Å². The molecule has 0 saturated heterocycles. The maximum Gasteiger partial charge on any atom is 0.355 e. The molecule has 0 fully saturated rings. The zero-order valence-electron chi connectivity index (χ0n) is 19.0. The van der Waals surface area contributed by atoms with Crippen molar-refractivity contribution in [2.24, 2.45) is 0 Å². The molecule has 3 aromatic carbocycles. The molecule has 4 rings (SSSR count). The summed E-state index contributed by atoms with van der Waals surface area (Å²) < 4.78 is 8.16. The van der Waals surface area contributed by atoms with Crippen LogP contribution < -0.4 is 0 Å². The summed E-state index contributed by atoms with van der Waals surface area (Å²) in [4.78, 5) is 26.9. The SMILES string of the molecule is CCOC(=O)c1c(C(=O)c2ccccc2)c2cc(Br)ccc2n1Cc1ccc(C(C)C)cc1. The molecule has 1 aromatic heterocycles. The van der Waals surface area contributed by atoms with Crippen LogP contribution in [0.25, 0.3) is 10.9 Å². The Hall–Kier alpha value is -3.18. The van der Waals surface area contributed by atoms with E-state index >= 15 is 0 Å². The van der Waals surface area contributed by atoms with Crippen molar-refractivity contribution in [3.8, 4) is 0 Å². The minimum atomic E-state index is -0.497. The lowest BCUT2D eigenvalue weighted by Gasteiger charge is -2.13. The van der Waals surface area contributed by atoms with Crippen molar-refractivity contribution in [1.29, 1.82) is 0 Å². The van der Waals surface area contributed by atoms with Gasteiger partial charge in [0.05, 0.1) is 12.2 Å². The third kappa shape index (κ3) is 4.64. The molecule has 0 radical (unpaired) electrons. The van der Waals surface area contributed by atoms with E-state index in [1.165, 1.54) is 5.56 Å². The molecule has 0 atom stereocenters. The van der Waals surface area contributed by atoms with Gasteiger partial charge in [-0.05, 0) is 42.2 Å². The van der Waals surface area contributed by atoms with Gasteiger partial charge in [-0.3, -0.25) is 4.79 Å². The number of nitrogens with zero attached hydrogens (tertiary/aromatic N) is 1. The number of hydrogen-bond acceptors (Lipinski definition) is 3. The van der Waals surface area contributed by atoms with E-state index < -0.39 is 5.97 Å². The average Bonchev–Trinajstić information content (AvgIpc) is 3.12. The summed E-state index contributed by atoms with van der Waals surface area (Å²) in [6, 6.07) is 23.2. The standard InChI is InChI=1S/C28H26BrNO3/c1-4-33-28(32)26-25(27(31)21-8-6-5-7-9-21)23-16-22(29)14-15-24(23)30(26)17-19-10-12-20(13-11-19)18(2)3/h5-16,18H,4,17H2,1-3H3. The Morgan fingerprint density at radius 3 is 2.30 bits per heavy atom. The van der Waals surface area contributed by atoms with E-state index in [0.717, 1.165) is 20.9 Å². The number of hydrogen-bond donors (Lipinski definition) is 0. The fraction of sp³-hybridized carbons (Fsp3) is 0.214. The van der Waals surface area contributed by atoms with Crippen molar-refractivity contribution < 1.29 is 14.3 Å². The molecular weight excluding hydrogens is 478 g/mol. The number of aromatic nitrogens is 1. The van der Waals surface area contributed by atoms with E-state index in [2.05, 4.69) is 54.0 Å². The van der Waals surface area contributed by atoms with Gasteiger partial charge >= 0.3 is 5.97 Å². The number of fused-ring (bicyclic) bond motifs is 1. The molecule has 4 aromatic rings. The molecule has 0 spiro atoms. The van der Waals surface area contributed by atoms with Gasteiger partial charge in [-0.1, -0.05) is 84.4 Å². The monoisotopic (exact) mass is 503 g/mol. The van der Waals surface area contributed by atoms with Crippen molar-refractivity contribution in [2.75, 3.05) is 6.61 Å². The van der Waals surface area contributed by atoms with Crippen LogP contribution in [0.15, 0.2) is 77.3 Å². The highest BCUT2D eigenvalue weighted by Gasteiger charge is 2.29. The minimum Gasteiger partial charge on any atom is -0.461 e. The molecular formula is C28H26BrNO3. The molecule has 0 aliphatic carbocycles. The van der Waals surface area contributed by atoms with Gasteiger partial charge in [-0.2, -0.15) is 0 Å². The van der Waals surface area contributed by atoms with E-state index in [1.807, 2.05) is 41.0 Å². The fourth-order valence-electron chi connectivity index (χ4n) is 4.06. The second-order valence-corrected chi connectivity index (χ2v) is 9.20. The Labute approximate surface area is 202 Å². The van der Waals surface area contributed by atoms with Crippen LogP contribution in [0.5, 0.6) is 0 Å². The van der Waals surface area contributed by atoms with E-state index in [9.17, 15) is 9.59 Å². The first kappa shape index (κ1) is 23.0. The summed E-state index contributed by atoms with van der Waals surface area (Å²) in [6.45, 7) is 6.77. The Morgan fingerprint density at radius 1 is 0.970 bits per heavy atom. The summed E-state index contributed by atoms with van der Waals surface area (Å²) in [5, 5.41) is 0.722. The summed E-state index contributed by atoms with van der Waals surface area (Å²) in [5.74, 6) is -0.257. The molecule has 0 aliphatic rings. The van der Waals surface area contributed by atoms with Gasteiger partial charge in [-0.25, -0.2) is 4.79 Å². The number of benzene rings is 3. The normalized spacial score (nSPS) is 11.2. The summed E-state index contributed by atoms with van der Waals surface area (Å²) in [7, 11) is 0. The van der Waals surface area contributed by atoms with Gasteiger partial charge in [0, 0.05) is 27.5 Å². The molecule has 1 heterocycles. The summed E-state index contributed by atoms with van der Waals surface area (Å²) >= 11 is 3.53. The molecule has 4 nitrogen and oxygen atoms in total. The van der Waals surface area contributed by atoms with Crippen LogP contribution in [0.4, 0.5) is 0 Å². The maximum absolute atomic E-state index is 13.7. The van der Waals surface area contributed by atoms with Crippen LogP contribution in [0.1, 0.15) is 64.2 Å². The van der Waals surface area contributed by atoms with E-state index in [1.54, 1.807) is 19.1 Å². The van der Waals surface area contributed by atoms with Crippen LogP contribution in [0.3, 0.4) is 0 Å². The highest BCUT2D eigenvalue weighted by molar-refractivity contribution is 9.10. The smallest absolute Gasteiger partial charge is 0.355 e. The molecule has 33 heavy (non-hydrogen) atoms. The zero-order valence-corrected chi connectivity index (χ0v) is 20.6. The first-order chi connectivity index (χ1) is 15.9. The molecule has 168 valence electrons.